The largest absolute Gasteiger partial charge is 0.465 e. The van der Waals surface area contributed by atoms with Crippen LogP contribution >= 0.6 is 0 Å². The van der Waals surface area contributed by atoms with E-state index in [9.17, 15) is 9.59 Å². The Balaban J connectivity index is 1.81. The van der Waals surface area contributed by atoms with Gasteiger partial charge >= 0.3 is 11.9 Å². The molecule has 4 nitrogen and oxygen atoms in total. The summed E-state index contributed by atoms with van der Waals surface area (Å²) in [5.74, 6) is 1.09. The normalized spacial score (nSPS) is 32.7. The average Bonchev–Trinajstić information content (AvgIpc) is 2.41. The van der Waals surface area contributed by atoms with Crippen molar-refractivity contribution in [3.8, 4) is 0 Å². The minimum atomic E-state index is -0.0923. The summed E-state index contributed by atoms with van der Waals surface area (Å²) < 4.78 is 10.7. The third-order valence-corrected chi connectivity index (χ3v) is 4.78. The first-order chi connectivity index (χ1) is 9.47. The van der Waals surface area contributed by atoms with E-state index in [-0.39, 0.29) is 24.0 Å². The number of hydrogen-bond acceptors (Lipinski definition) is 4. The fourth-order valence-corrected chi connectivity index (χ4v) is 3.22. The van der Waals surface area contributed by atoms with Crippen molar-refractivity contribution in [2.45, 2.75) is 59.0 Å². The van der Waals surface area contributed by atoms with E-state index in [0.717, 1.165) is 25.7 Å². The molecule has 0 aromatic heterocycles. The number of rotatable bonds is 4. The first-order valence-corrected chi connectivity index (χ1v) is 7.83. The lowest BCUT2D eigenvalue weighted by molar-refractivity contribution is -0.165. The van der Waals surface area contributed by atoms with Crippen molar-refractivity contribution in [3.63, 3.8) is 0 Å². The summed E-state index contributed by atoms with van der Waals surface area (Å²) in [7, 11) is 0. The predicted octanol–water partition coefficient (Wildman–Crippen LogP) is 2.94. The fraction of sp³-hybridized carbons (Fsp3) is 0.875. The molecule has 2 heterocycles. The molecule has 2 aliphatic rings. The van der Waals surface area contributed by atoms with E-state index in [4.69, 9.17) is 9.47 Å². The van der Waals surface area contributed by atoms with E-state index in [1.165, 1.54) is 0 Å². The molecule has 3 unspecified atom stereocenters. The third-order valence-electron chi connectivity index (χ3n) is 4.78. The Morgan fingerprint density at radius 3 is 2.45 bits per heavy atom. The molecule has 0 aromatic rings. The summed E-state index contributed by atoms with van der Waals surface area (Å²) in [4.78, 5) is 23.1. The van der Waals surface area contributed by atoms with Gasteiger partial charge in [-0.25, -0.2) is 0 Å². The minimum Gasteiger partial charge on any atom is -0.465 e. The summed E-state index contributed by atoms with van der Waals surface area (Å²) in [6.07, 6.45) is 4.24. The molecule has 0 radical (unpaired) electrons. The van der Waals surface area contributed by atoms with Crippen LogP contribution in [0.25, 0.3) is 0 Å². The molecule has 2 aliphatic heterocycles. The lowest BCUT2D eigenvalue weighted by Gasteiger charge is -2.34. The molecule has 20 heavy (non-hydrogen) atoms. The van der Waals surface area contributed by atoms with Gasteiger partial charge in [-0.3, -0.25) is 9.59 Å². The predicted molar refractivity (Wildman–Crippen MR) is 74.9 cm³/mol. The smallest absolute Gasteiger partial charge is 0.309 e. The first kappa shape index (κ1) is 15.3. The van der Waals surface area contributed by atoms with Gasteiger partial charge in [0.1, 0.15) is 6.10 Å². The molecular weight excluding hydrogens is 256 g/mol. The Labute approximate surface area is 121 Å². The molecule has 0 spiro atoms. The molecule has 2 rings (SSSR count). The van der Waals surface area contributed by atoms with Crippen LogP contribution in [0.3, 0.4) is 0 Å². The molecule has 4 heteroatoms. The van der Waals surface area contributed by atoms with E-state index < -0.39 is 0 Å². The highest BCUT2D eigenvalue weighted by molar-refractivity contribution is 5.73. The van der Waals surface area contributed by atoms with Crippen LogP contribution in [0.4, 0.5) is 0 Å². The van der Waals surface area contributed by atoms with Crippen LogP contribution in [0.1, 0.15) is 52.9 Å². The Morgan fingerprint density at radius 1 is 1.15 bits per heavy atom. The van der Waals surface area contributed by atoms with E-state index >= 15 is 0 Å². The van der Waals surface area contributed by atoms with Crippen LogP contribution in [0.5, 0.6) is 0 Å². The van der Waals surface area contributed by atoms with Crippen LogP contribution in [0.2, 0.25) is 0 Å². The molecule has 4 atom stereocenters. The van der Waals surface area contributed by atoms with Crippen LogP contribution in [0, 0.1) is 23.7 Å². The molecule has 0 N–H and O–H groups in total. The fourth-order valence-electron chi connectivity index (χ4n) is 3.22. The summed E-state index contributed by atoms with van der Waals surface area (Å²) in [5, 5.41) is 0. The zero-order chi connectivity index (χ0) is 14.7. The zero-order valence-corrected chi connectivity index (χ0v) is 12.8. The Hall–Kier alpha value is -1.06. The topological polar surface area (TPSA) is 52.6 Å². The lowest BCUT2D eigenvalue weighted by Crippen LogP contribution is -2.36. The van der Waals surface area contributed by atoms with Crippen molar-refractivity contribution >= 4 is 11.9 Å². The number of cyclic esters (lactones) is 2. The number of carbonyl (C=O) groups excluding carboxylic acids is 2. The van der Waals surface area contributed by atoms with Crippen LogP contribution in [0.15, 0.2) is 0 Å². The molecule has 0 aromatic carbocycles. The van der Waals surface area contributed by atoms with Crippen molar-refractivity contribution in [3.05, 3.63) is 0 Å². The van der Waals surface area contributed by atoms with Crippen molar-refractivity contribution in [2.24, 2.45) is 23.7 Å². The van der Waals surface area contributed by atoms with E-state index in [2.05, 4.69) is 20.8 Å². The highest BCUT2D eigenvalue weighted by Crippen LogP contribution is 2.33. The Morgan fingerprint density at radius 2 is 1.90 bits per heavy atom. The molecule has 0 saturated carbocycles. The van der Waals surface area contributed by atoms with Gasteiger partial charge in [0.15, 0.2) is 0 Å². The van der Waals surface area contributed by atoms with Gasteiger partial charge in [0.05, 0.1) is 12.5 Å². The summed E-state index contributed by atoms with van der Waals surface area (Å²) in [6.45, 7) is 6.86. The molecular formula is C16H26O4. The van der Waals surface area contributed by atoms with Gasteiger partial charge in [0.2, 0.25) is 0 Å². The van der Waals surface area contributed by atoms with E-state index in [1.807, 2.05) is 0 Å². The second kappa shape index (κ2) is 6.59. The Kier molecular flexibility index (Phi) is 5.06. The summed E-state index contributed by atoms with van der Waals surface area (Å²) >= 11 is 0. The van der Waals surface area contributed by atoms with Gasteiger partial charge in [0, 0.05) is 6.42 Å². The van der Waals surface area contributed by atoms with Crippen molar-refractivity contribution in [2.75, 3.05) is 6.61 Å². The van der Waals surface area contributed by atoms with E-state index in [0.29, 0.717) is 30.8 Å². The van der Waals surface area contributed by atoms with Crippen molar-refractivity contribution in [1.29, 1.82) is 0 Å². The number of esters is 2. The highest BCUT2D eigenvalue weighted by atomic mass is 16.5. The second-order valence-corrected chi connectivity index (χ2v) is 6.69. The van der Waals surface area contributed by atoms with Gasteiger partial charge < -0.3 is 9.47 Å². The van der Waals surface area contributed by atoms with Crippen molar-refractivity contribution < 1.29 is 19.1 Å². The van der Waals surface area contributed by atoms with Gasteiger partial charge in [-0.1, -0.05) is 20.8 Å². The SMILES string of the molecule is CC(CC1CC[C@@H](C(C)C)OC1=O)C1CCC(=O)OC1. The maximum atomic E-state index is 12.1. The van der Waals surface area contributed by atoms with Crippen molar-refractivity contribution in [1.82, 2.24) is 0 Å². The summed E-state index contributed by atoms with van der Waals surface area (Å²) in [5.41, 5.74) is 0. The molecule has 0 bridgehead atoms. The summed E-state index contributed by atoms with van der Waals surface area (Å²) in [6, 6.07) is 0. The standard InChI is InChI=1S/C16H26O4/c1-10(2)14-6-4-12(16(18)20-14)8-11(3)13-5-7-15(17)19-9-13/h10-14H,4-9H2,1-3H3/t11?,12?,13?,14-/m0/s1. The van der Waals surface area contributed by atoms with Gasteiger partial charge in [-0.05, 0) is 43.4 Å². The quantitative estimate of drug-likeness (QED) is 0.744. The second-order valence-electron chi connectivity index (χ2n) is 6.69. The maximum Gasteiger partial charge on any atom is 0.309 e. The number of carbonyl (C=O) groups is 2. The number of ether oxygens (including phenoxy) is 2. The maximum absolute atomic E-state index is 12.1. The third kappa shape index (κ3) is 3.74. The molecule has 114 valence electrons. The average molecular weight is 282 g/mol. The minimum absolute atomic E-state index is 0.0256. The van der Waals surface area contributed by atoms with Gasteiger partial charge in [0.25, 0.3) is 0 Å². The monoisotopic (exact) mass is 282 g/mol. The highest BCUT2D eigenvalue weighted by Gasteiger charge is 2.34. The molecule has 0 aliphatic carbocycles. The first-order valence-electron chi connectivity index (χ1n) is 7.83. The molecule has 2 fully saturated rings. The van der Waals surface area contributed by atoms with E-state index in [1.54, 1.807) is 0 Å². The molecule has 0 amide bonds. The van der Waals surface area contributed by atoms with Gasteiger partial charge in [-0.15, -0.1) is 0 Å². The zero-order valence-electron chi connectivity index (χ0n) is 12.8. The van der Waals surface area contributed by atoms with Crippen LogP contribution in [-0.2, 0) is 19.1 Å². The van der Waals surface area contributed by atoms with Crippen LogP contribution in [-0.4, -0.2) is 24.6 Å². The Bertz CT molecular complexity index is 353. The lowest BCUT2D eigenvalue weighted by atomic mass is 9.80. The number of hydrogen-bond donors (Lipinski definition) is 0. The molecule has 2 saturated heterocycles. The van der Waals surface area contributed by atoms with Gasteiger partial charge in [-0.2, -0.15) is 0 Å². The van der Waals surface area contributed by atoms with Crippen LogP contribution < -0.4 is 0 Å².